The van der Waals surface area contributed by atoms with E-state index in [1.54, 1.807) is 0 Å². The Morgan fingerprint density at radius 3 is 2.68 bits per heavy atom. The summed E-state index contributed by atoms with van der Waals surface area (Å²) in [5.41, 5.74) is 5.30. The Bertz CT molecular complexity index is 433. The van der Waals surface area contributed by atoms with Gasteiger partial charge in [-0.3, -0.25) is 4.90 Å². The van der Waals surface area contributed by atoms with Crippen molar-refractivity contribution in [2.75, 3.05) is 19.6 Å². The number of rotatable bonds is 4. The van der Waals surface area contributed by atoms with Gasteiger partial charge in [0.15, 0.2) is 0 Å². The number of aliphatic hydroxyl groups excluding tert-OH is 1. The van der Waals surface area contributed by atoms with Crippen molar-refractivity contribution in [3.05, 3.63) is 11.6 Å². The molecular formula is C10H16F3N5O. The van der Waals surface area contributed by atoms with E-state index in [0.29, 0.717) is 31.9 Å². The number of hydrogen-bond donors (Lipinski definition) is 2. The lowest BCUT2D eigenvalue weighted by atomic mass is 10.2. The van der Waals surface area contributed by atoms with Crippen molar-refractivity contribution in [1.29, 1.82) is 0 Å². The van der Waals surface area contributed by atoms with Crippen LogP contribution in [-0.2, 0) is 19.3 Å². The second-order valence-electron chi connectivity index (χ2n) is 4.54. The minimum atomic E-state index is -4.47. The predicted molar refractivity (Wildman–Crippen MR) is 60.0 cm³/mol. The Kier molecular flexibility index (Phi) is 4.07. The van der Waals surface area contributed by atoms with Crippen LogP contribution in [0.5, 0.6) is 0 Å². The van der Waals surface area contributed by atoms with Crippen molar-refractivity contribution in [3.63, 3.8) is 0 Å². The van der Waals surface area contributed by atoms with E-state index in [2.05, 4.69) is 10.2 Å². The van der Waals surface area contributed by atoms with Gasteiger partial charge >= 0.3 is 6.18 Å². The van der Waals surface area contributed by atoms with Crippen LogP contribution in [0.1, 0.15) is 18.1 Å². The number of nitrogens with two attached hydrogens (primary N) is 1. The van der Waals surface area contributed by atoms with E-state index >= 15 is 0 Å². The minimum absolute atomic E-state index is 0.183. The molecule has 9 heteroatoms. The fourth-order valence-electron chi connectivity index (χ4n) is 2.06. The summed E-state index contributed by atoms with van der Waals surface area (Å²) >= 11 is 0. The lowest BCUT2D eigenvalue weighted by Crippen LogP contribution is -2.37. The molecule has 1 atom stereocenters. The minimum Gasteiger partial charge on any atom is -0.392 e. The highest BCUT2D eigenvalue weighted by Crippen LogP contribution is 2.29. The molecule has 108 valence electrons. The summed E-state index contributed by atoms with van der Waals surface area (Å²) in [6, 6.07) is 0. The van der Waals surface area contributed by atoms with Crippen molar-refractivity contribution < 1.29 is 18.3 Å². The maximum absolute atomic E-state index is 12.6. The van der Waals surface area contributed by atoms with Gasteiger partial charge in [0.1, 0.15) is 5.82 Å². The molecule has 6 nitrogen and oxygen atoms in total. The van der Waals surface area contributed by atoms with E-state index < -0.39 is 18.1 Å². The summed E-state index contributed by atoms with van der Waals surface area (Å²) in [5, 5.41) is 16.2. The van der Waals surface area contributed by atoms with Crippen molar-refractivity contribution in [1.82, 2.24) is 19.7 Å². The van der Waals surface area contributed by atoms with E-state index in [0.717, 1.165) is 4.57 Å². The predicted octanol–water partition coefficient (Wildman–Crippen LogP) is -0.178. The summed E-state index contributed by atoms with van der Waals surface area (Å²) in [5.74, 6) is -0.634. The molecule has 0 amide bonds. The molecule has 3 N–H and O–H groups in total. The lowest BCUT2D eigenvalue weighted by molar-refractivity contribution is -0.148. The van der Waals surface area contributed by atoms with Crippen LogP contribution in [-0.4, -0.2) is 50.5 Å². The zero-order chi connectivity index (χ0) is 14.0. The second kappa shape index (κ2) is 5.43. The SMILES string of the molecule is NCC(O)CCN1CCn2c(nnc2C(F)(F)F)C1. The number of fused-ring (bicyclic) bond motifs is 1. The van der Waals surface area contributed by atoms with Crippen molar-refractivity contribution in [3.8, 4) is 0 Å². The third kappa shape index (κ3) is 3.23. The molecule has 1 aliphatic rings. The number of hydrogen-bond acceptors (Lipinski definition) is 5. The normalized spacial score (nSPS) is 18.4. The molecule has 19 heavy (non-hydrogen) atoms. The van der Waals surface area contributed by atoms with E-state index in [1.165, 1.54) is 0 Å². The molecule has 2 rings (SSSR count). The van der Waals surface area contributed by atoms with E-state index in [9.17, 15) is 18.3 Å². The summed E-state index contributed by atoms with van der Waals surface area (Å²) < 4.78 is 39.0. The van der Waals surface area contributed by atoms with Gasteiger partial charge in [0.05, 0.1) is 12.6 Å². The number of nitrogens with zero attached hydrogens (tertiary/aromatic N) is 4. The largest absolute Gasteiger partial charge is 0.451 e. The van der Waals surface area contributed by atoms with Crippen LogP contribution in [0.25, 0.3) is 0 Å². The summed E-state index contributed by atoms with van der Waals surface area (Å²) in [7, 11) is 0. The maximum atomic E-state index is 12.6. The first-order valence-electron chi connectivity index (χ1n) is 6.01. The molecule has 2 heterocycles. The molecule has 0 saturated heterocycles. The van der Waals surface area contributed by atoms with Gasteiger partial charge in [-0.2, -0.15) is 13.2 Å². The van der Waals surface area contributed by atoms with Gasteiger partial charge in [-0.15, -0.1) is 10.2 Å². The van der Waals surface area contributed by atoms with Crippen molar-refractivity contribution in [2.24, 2.45) is 5.73 Å². The molecule has 1 aromatic heterocycles. The molecular weight excluding hydrogens is 263 g/mol. The van der Waals surface area contributed by atoms with Gasteiger partial charge in [-0.1, -0.05) is 0 Å². The number of aromatic nitrogens is 3. The van der Waals surface area contributed by atoms with Gasteiger partial charge in [0, 0.05) is 26.2 Å². The van der Waals surface area contributed by atoms with Crippen molar-refractivity contribution in [2.45, 2.75) is 31.8 Å². The number of halogens is 3. The van der Waals surface area contributed by atoms with Crippen LogP contribution in [0.2, 0.25) is 0 Å². The van der Waals surface area contributed by atoms with Crippen LogP contribution in [0.4, 0.5) is 13.2 Å². The second-order valence-corrected chi connectivity index (χ2v) is 4.54. The average molecular weight is 279 g/mol. The summed E-state index contributed by atoms with van der Waals surface area (Å²) in [6.07, 6.45) is -4.55. The average Bonchev–Trinajstić information content (AvgIpc) is 2.78. The molecule has 0 aliphatic carbocycles. The molecule has 0 fully saturated rings. The smallest absolute Gasteiger partial charge is 0.392 e. The number of alkyl halides is 3. The highest BCUT2D eigenvalue weighted by Gasteiger charge is 2.39. The summed E-state index contributed by atoms with van der Waals surface area (Å²) in [4.78, 5) is 1.93. The zero-order valence-corrected chi connectivity index (χ0v) is 10.3. The van der Waals surface area contributed by atoms with E-state index in [4.69, 9.17) is 5.73 Å². The fourth-order valence-corrected chi connectivity index (χ4v) is 2.06. The molecule has 1 aromatic rings. The van der Waals surface area contributed by atoms with Gasteiger partial charge in [0.25, 0.3) is 0 Å². The van der Waals surface area contributed by atoms with Gasteiger partial charge in [0.2, 0.25) is 5.82 Å². The molecule has 0 radical (unpaired) electrons. The van der Waals surface area contributed by atoms with Crippen molar-refractivity contribution >= 4 is 0 Å². The quantitative estimate of drug-likeness (QED) is 0.799. The topological polar surface area (TPSA) is 80.2 Å². The van der Waals surface area contributed by atoms with E-state index in [-0.39, 0.29) is 13.1 Å². The van der Waals surface area contributed by atoms with Gasteiger partial charge in [-0.05, 0) is 6.42 Å². The zero-order valence-electron chi connectivity index (χ0n) is 10.3. The van der Waals surface area contributed by atoms with Gasteiger partial charge < -0.3 is 15.4 Å². The Hall–Kier alpha value is -1.19. The monoisotopic (exact) mass is 279 g/mol. The first-order valence-corrected chi connectivity index (χ1v) is 6.01. The Labute approximate surface area is 108 Å². The molecule has 0 bridgehead atoms. The van der Waals surface area contributed by atoms with Crippen LogP contribution >= 0.6 is 0 Å². The Balaban J connectivity index is 2.00. The molecule has 0 saturated carbocycles. The Morgan fingerprint density at radius 1 is 1.32 bits per heavy atom. The molecule has 1 unspecified atom stereocenters. The van der Waals surface area contributed by atoms with E-state index in [1.807, 2.05) is 4.90 Å². The van der Waals surface area contributed by atoms with Crippen LogP contribution in [0.3, 0.4) is 0 Å². The highest BCUT2D eigenvalue weighted by molar-refractivity contribution is 5.02. The Morgan fingerprint density at radius 2 is 2.05 bits per heavy atom. The number of aliphatic hydroxyl groups is 1. The van der Waals surface area contributed by atoms with Gasteiger partial charge in [-0.25, -0.2) is 0 Å². The van der Waals surface area contributed by atoms with Crippen LogP contribution < -0.4 is 5.73 Å². The van der Waals surface area contributed by atoms with Crippen LogP contribution in [0, 0.1) is 0 Å². The highest BCUT2D eigenvalue weighted by atomic mass is 19.4. The molecule has 0 aromatic carbocycles. The molecule has 0 spiro atoms. The first-order chi connectivity index (χ1) is 8.91. The lowest BCUT2D eigenvalue weighted by Gasteiger charge is -2.28. The first kappa shape index (κ1) is 14.2. The maximum Gasteiger partial charge on any atom is 0.451 e. The fraction of sp³-hybridized carbons (Fsp3) is 0.800. The summed E-state index contributed by atoms with van der Waals surface area (Å²) in [6.45, 7) is 1.75. The third-order valence-electron chi connectivity index (χ3n) is 3.14. The standard InChI is InChI=1S/C10H16F3N5O/c11-10(12,13)9-16-15-8-6-17(3-4-18(8)9)2-1-7(19)5-14/h7,19H,1-6,14H2. The third-order valence-corrected chi connectivity index (χ3v) is 3.14. The molecule has 1 aliphatic heterocycles. The van der Waals surface area contributed by atoms with Crippen LogP contribution in [0.15, 0.2) is 0 Å².